The Morgan fingerprint density at radius 2 is 2.10 bits per heavy atom. The van der Waals surface area contributed by atoms with Crippen molar-refractivity contribution in [2.45, 2.75) is 19.9 Å². The molecule has 1 aliphatic rings. The first-order valence-electron chi connectivity index (χ1n) is 9.49. The number of ether oxygens (including phenoxy) is 1. The predicted molar refractivity (Wildman–Crippen MR) is 117 cm³/mol. The second-order valence-electron chi connectivity index (χ2n) is 7.15. The van der Waals surface area contributed by atoms with Crippen molar-refractivity contribution in [2.24, 2.45) is 0 Å². The molecule has 3 heterocycles. The van der Waals surface area contributed by atoms with Gasteiger partial charge in [0, 0.05) is 7.05 Å². The van der Waals surface area contributed by atoms with E-state index in [0.29, 0.717) is 63.5 Å². The highest BCUT2D eigenvalue weighted by atomic mass is 35.5. The van der Waals surface area contributed by atoms with E-state index in [1.165, 1.54) is 0 Å². The number of anilines is 2. The van der Waals surface area contributed by atoms with Gasteiger partial charge >= 0.3 is 0 Å². The summed E-state index contributed by atoms with van der Waals surface area (Å²) in [5.41, 5.74) is 4.38. The molecule has 2 aromatic heterocycles. The molecule has 1 N–H and O–H groups in total. The maximum atomic E-state index is 12.8. The van der Waals surface area contributed by atoms with Crippen LogP contribution in [-0.2, 0) is 13.0 Å². The summed E-state index contributed by atoms with van der Waals surface area (Å²) in [4.78, 5) is 31.1. The molecule has 8 nitrogen and oxygen atoms in total. The summed E-state index contributed by atoms with van der Waals surface area (Å²) in [6, 6.07) is 7.18. The van der Waals surface area contributed by atoms with Gasteiger partial charge in [0.15, 0.2) is 11.4 Å². The van der Waals surface area contributed by atoms with E-state index < -0.39 is 0 Å². The van der Waals surface area contributed by atoms with Crippen molar-refractivity contribution < 1.29 is 9.53 Å². The number of para-hydroxylation sites is 1. The maximum Gasteiger partial charge on any atom is 0.291 e. The van der Waals surface area contributed by atoms with E-state index >= 15 is 0 Å². The van der Waals surface area contributed by atoms with E-state index in [2.05, 4.69) is 25.1 Å². The van der Waals surface area contributed by atoms with Crippen LogP contribution in [0, 0.1) is 13.5 Å². The molecule has 0 saturated carbocycles. The molecule has 156 valence electrons. The summed E-state index contributed by atoms with van der Waals surface area (Å²) in [6.45, 7) is 9.41. The summed E-state index contributed by atoms with van der Waals surface area (Å²) in [7, 11) is 3.28. The summed E-state index contributed by atoms with van der Waals surface area (Å²) in [5, 5.41) is 3.75. The SMILES string of the molecule is [C-]#[N+]c1nc(Cc2cc(Nc3cccc(Cl)c3OC)c3c(n2)CN(C)C3=O)cnc1C. The van der Waals surface area contributed by atoms with Gasteiger partial charge in [0.1, 0.15) is 0 Å². The first-order valence-corrected chi connectivity index (χ1v) is 9.86. The lowest BCUT2D eigenvalue weighted by Gasteiger charge is -2.15. The van der Waals surface area contributed by atoms with E-state index in [1.807, 2.05) is 12.1 Å². The standard InChI is InChI=1S/C22H19ClN6O2/c1-12-21(24-2)27-14(10-25-12)8-13-9-17(19-18(26-13)11-29(3)22(19)30)28-16-7-5-6-15(23)20(16)31-4/h5-7,9-10H,8,11H2,1,3-4H3,(H,26,28). The minimum atomic E-state index is -0.108. The van der Waals surface area contributed by atoms with Crippen molar-refractivity contribution in [3.63, 3.8) is 0 Å². The number of fused-ring (bicyclic) bond motifs is 1. The van der Waals surface area contributed by atoms with Crippen LogP contribution in [0.2, 0.25) is 5.02 Å². The number of nitrogens with one attached hydrogen (secondary N) is 1. The molecule has 1 aliphatic heterocycles. The molecule has 0 fully saturated rings. The van der Waals surface area contributed by atoms with Crippen molar-refractivity contribution in [2.75, 3.05) is 19.5 Å². The summed E-state index contributed by atoms with van der Waals surface area (Å²) in [6.07, 6.45) is 2.02. The Hall–Kier alpha value is -3.70. The number of carbonyl (C=O) groups is 1. The van der Waals surface area contributed by atoms with Crippen molar-refractivity contribution in [1.29, 1.82) is 0 Å². The van der Waals surface area contributed by atoms with E-state index in [9.17, 15) is 4.79 Å². The van der Waals surface area contributed by atoms with Gasteiger partial charge in [-0.3, -0.25) is 14.8 Å². The largest absolute Gasteiger partial charge is 0.493 e. The lowest BCUT2D eigenvalue weighted by molar-refractivity contribution is 0.0817. The van der Waals surface area contributed by atoms with Crippen LogP contribution in [0.15, 0.2) is 30.5 Å². The quantitative estimate of drug-likeness (QED) is 0.602. The summed E-state index contributed by atoms with van der Waals surface area (Å²) >= 11 is 6.25. The maximum absolute atomic E-state index is 12.8. The van der Waals surface area contributed by atoms with Gasteiger partial charge in [0.25, 0.3) is 11.7 Å². The molecule has 0 bridgehead atoms. The molecule has 0 radical (unpaired) electrons. The Bertz CT molecular complexity index is 1240. The zero-order valence-corrected chi connectivity index (χ0v) is 18.0. The number of hydrogen-bond acceptors (Lipinski definition) is 6. The summed E-state index contributed by atoms with van der Waals surface area (Å²) in [5.74, 6) is 0.653. The fourth-order valence-electron chi connectivity index (χ4n) is 3.50. The van der Waals surface area contributed by atoms with Gasteiger partial charge in [-0.15, -0.1) is 4.98 Å². The molecular formula is C22H19ClN6O2. The van der Waals surface area contributed by atoms with Crippen LogP contribution in [0.1, 0.15) is 33.1 Å². The van der Waals surface area contributed by atoms with E-state index in [1.54, 1.807) is 44.3 Å². The van der Waals surface area contributed by atoms with Crippen molar-refractivity contribution >= 4 is 34.7 Å². The van der Waals surface area contributed by atoms with Crippen molar-refractivity contribution in [3.8, 4) is 5.75 Å². The van der Waals surface area contributed by atoms with Gasteiger partial charge < -0.3 is 19.8 Å². The first kappa shape index (κ1) is 20.6. The van der Waals surface area contributed by atoms with E-state index in [-0.39, 0.29) is 11.7 Å². The molecule has 0 aliphatic carbocycles. The van der Waals surface area contributed by atoms with E-state index in [4.69, 9.17) is 22.9 Å². The number of methoxy groups -OCH3 is 1. The molecular weight excluding hydrogens is 416 g/mol. The van der Waals surface area contributed by atoms with Crippen LogP contribution in [0.25, 0.3) is 4.85 Å². The van der Waals surface area contributed by atoms with Gasteiger partial charge in [-0.1, -0.05) is 24.2 Å². The molecule has 1 amide bonds. The Kier molecular flexibility index (Phi) is 5.44. The third kappa shape index (κ3) is 3.88. The normalized spacial score (nSPS) is 12.5. The van der Waals surface area contributed by atoms with Gasteiger partial charge in [-0.05, 0) is 25.1 Å². The highest BCUT2D eigenvalue weighted by molar-refractivity contribution is 6.32. The number of benzene rings is 1. The fourth-order valence-corrected chi connectivity index (χ4v) is 3.75. The number of pyridine rings is 1. The zero-order chi connectivity index (χ0) is 22.1. The van der Waals surface area contributed by atoms with Gasteiger partial charge in [0.2, 0.25) is 0 Å². The Balaban J connectivity index is 1.77. The number of halogens is 1. The Morgan fingerprint density at radius 3 is 2.84 bits per heavy atom. The number of amides is 1. The molecule has 4 rings (SSSR count). The average molecular weight is 435 g/mol. The number of aromatic nitrogens is 3. The highest BCUT2D eigenvalue weighted by Crippen LogP contribution is 2.37. The molecule has 9 heteroatoms. The smallest absolute Gasteiger partial charge is 0.291 e. The molecule has 1 aromatic carbocycles. The van der Waals surface area contributed by atoms with Crippen LogP contribution in [0.3, 0.4) is 0 Å². The number of rotatable bonds is 5. The van der Waals surface area contributed by atoms with Crippen LogP contribution < -0.4 is 10.1 Å². The Morgan fingerprint density at radius 1 is 1.29 bits per heavy atom. The lowest BCUT2D eigenvalue weighted by Crippen LogP contribution is -2.18. The number of hydrogen-bond donors (Lipinski definition) is 1. The van der Waals surface area contributed by atoms with Crippen LogP contribution >= 0.6 is 11.6 Å². The first-order chi connectivity index (χ1) is 14.9. The molecule has 0 unspecified atom stereocenters. The third-order valence-electron chi connectivity index (χ3n) is 4.98. The second-order valence-corrected chi connectivity index (χ2v) is 7.56. The summed E-state index contributed by atoms with van der Waals surface area (Å²) < 4.78 is 5.43. The van der Waals surface area contributed by atoms with Gasteiger partial charge in [0.05, 0.1) is 65.3 Å². The van der Waals surface area contributed by atoms with Crippen LogP contribution in [0.5, 0.6) is 5.75 Å². The Labute approximate surface area is 184 Å². The van der Waals surface area contributed by atoms with Gasteiger partial charge in [-0.25, -0.2) is 0 Å². The molecule has 0 saturated heterocycles. The minimum Gasteiger partial charge on any atom is -0.493 e. The van der Waals surface area contributed by atoms with Crippen molar-refractivity contribution in [1.82, 2.24) is 19.9 Å². The molecule has 31 heavy (non-hydrogen) atoms. The van der Waals surface area contributed by atoms with Crippen LogP contribution in [0.4, 0.5) is 17.2 Å². The fraction of sp³-hybridized carbons (Fsp3) is 0.227. The number of nitrogens with zero attached hydrogens (tertiary/aromatic N) is 5. The predicted octanol–water partition coefficient (Wildman–Crippen LogP) is 4.31. The minimum absolute atomic E-state index is 0.108. The lowest BCUT2D eigenvalue weighted by atomic mass is 10.1. The second kappa shape index (κ2) is 8.20. The van der Waals surface area contributed by atoms with Crippen LogP contribution in [-0.4, -0.2) is 39.9 Å². The zero-order valence-electron chi connectivity index (χ0n) is 17.2. The monoisotopic (exact) mass is 434 g/mol. The molecule has 0 atom stereocenters. The van der Waals surface area contributed by atoms with Crippen molar-refractivity contribution in [3.05, 3.63) is 75.2 Å². The number of carbonyl (C=O) groups excluding carboxylic acids is 1. The molecule has 0 spiro atoms. The topological polar surface area (TPSA) is 84.6 Å². The third-order valence-corrected chi connectivity index (χ3v) is 5.28. The average Bonchev–Trinajstić information content (AvgIpc) is 3.03. The van der Waals surface area contributed by atoms with E-state index in [0.717, 1.165) is 0 Å². The highest BCUT2D eigenvalue weighted by Gasteiger charge is 2.30. The van der Waals surface area contributed by atoms with Gasteiger partial charge in [-0.2, -0.15) is 0 Å². The molecule has 3 aromatic rings. The number of aryl methyl sites for hydroxylation is 1.